The molecule has 0 fully saturated rings. The van der Waals surface area contributed by atoms with Crippen molar-refractivity contribution < 1.29 is 9.15 Å². The van der Waals surface area contributed by atoms with Crippen molar-refractivity contribution >= 4 is 11.6 Å². The van der Waals surface area contributed by atoms with E-state index in [1.165, 1.54) is 0 Å². The summed E-state index contributed by atoms with van der Waals surface area (Å²) < 4.78 is 11.0. The average Bonchev–Trinajstić information content (AvgIpc) is 2.89. The van der Waals surface area contributed by atoms with Crippen LogP contribution in [0.5, 0.6) is 5.75 Å². The third kappa shape index (κ3) is 4.83. The van der Waals surface area contributed by atoms with Crippen LogP contribution in [0.1, 0.15) is 25.1 Å². The van der Waals surface area contributed by atoms with Gasteiger partial charge in [-0.15, -0.1) is 10.2 Å². The maximum atomic E-state index is 5.88. The molecule has 6 heteroatoms. The van der Waals surface area contributed by atoms with Crippen molar-refractivity contribution in [2.24, 2.45) is 0 Å². The first-order chi connectivity index (χ1) is 9.78. The first-order valence-electron chi connectivity index (χ1n) is 6.68. The SMILES string of the molecule is CCCNCCc1nnc(COc2cccc(Cl)c2)o1. The number of nitrogens with zero attached hydrogens (tertiary/aromatic N) is 2. The molecule has 2 aromatic rings. The first kappa shape index (κ1) is 14.8. The van der Waals surface area contributed by atoms with E-state index in [0.29, 0.717) is 22.6 Å². The van der Waals surface area contributed by atoms with Crippen molar-refractivity contribution in [2.75, 3.05) is 13.1 Å². The molecule has 0 saturated heterocycles. The fourth-order valence-corrected chi connectivity index (χ4v) is 1.83. The molecule has 1 aromatic carbocycles. The van der Waals surface area contributed by atoms with Gasteiger partial charge in [0.25, 0.3) is 5.89 Å². The van der Waals surface area contributed by atoms with Gasteiger partial charge in [0.15, 0.2) is 6.61 Å². The van der Waals surface area contributed by atoms with Gasteiger partial charge in [0.05, 0.1) is 0 Å². The molecule has 5 nitrogen and oxygen atoms in total. The normalized spacial score (nSPS) is 10.7. The van der Waals surface area contributed by atoms with Gasteiger partial charge in [-0.05, 0) is 31.2 Å². The minimum Gasteiger partial charge on any atom is -0.484 e. The van der Waals surface area contributed by atoms with Crippen LogP contribution >= 0.6 is 11.6 Å². The molecule has 108 valence electrons. The molecule has 0 aliphatic heterocycles. The number of ether oxygens (including phenoxy) is 1. The van der Waals surface area contributed by atoms with Crippen LogP contribution in [0.3, 0.4) is 0 Å². The molecule has 0 aliphatic carbocycles. The monoisotopic (exact) mass is 295 g/mol. The van der Waals surface area contributed by atoms with Crippen molar-refractivity contribution in [3.63, 3.8) is 0 Å². The van der Waals surface area contributed by atoms with E-state index in [1.54, 1.807) is 12.1 Å². The standard InChI is InChI=1S/C14H18ClN3O2/c1-2-7-16-8-6-13-17-18-14(20-13)10-19-12-5-3-4-11(15)9-12/h3-5,9,16H,2,6-8,10H2,1H3. The Bertz CT molecular complexity index is 531. The molecule has 1 heterocycles. The van der Waals surface area contributed by atoms with Gasteiger partial charge in [-0.1, -0.05) is 24.6 Å². The van der Waals surface area contributed by atoms with Crippen LogP contribution < -0.4 is 10.1 Å². The zero-order valence-corrected chi connectivity index (χ0v) is 12.2. The van der Waals surface area contributed by atoms with Crippen molar-refractivity contribution in [1.29, 1.82) is 0 Å². The maximum Gasteiger partial charge on any atom is 0.253 e. The molecule has 2 rings (SSSR count). The number of rotatable bonds is 8. The number of hydrogen-bond acceptors (Lipinski definition) is 5. The van der Waals surface area contributed by atoms with Gasteiger partial charge in [0.2, 0.25) is 5.89 Å². The van der Waals surface area contributed by atoms with Crippen molar-refractivity contribution in [1.82, 2.24) is 15.5 Å². The second-order valence-corrected chi connectivity index (χ2v) is 4.77. The summed E-state index contributed by atoms with van der Waals surface area (Å²) in [5.74, 6) is 1.77. The van der Waals surface area contributed by atoms with Crippen LogP contribution in [0.2, 0.25) is 5.02 Å². The Labute approximate surface area is 123 Å². The van der Waals surface area contributed by atoms with Crippen molar-refractivity contribution in [2.45, 2.75) is 26.4 Å². The number of aromatic nitrogens is 2. The Balaban J connectivity index is 1.78. The lowest BCUT2D eigenvalue weighted by atomic mass is 10.3. The van der Waals surface area contributed by atoms with Crippen molar-refractivity contribution in [3.8, 4) is 5.75 Å². The molecule has 0 unspecified atom stereocenters. The lowest BCUT2D eigenvalue weighted by Gasteiger charge is -2.02. The van der Waals surface area contributed by atoms with Gasteiger partial charge in [0, 0.05) is 18.0 Å². The van der Waals surface area contributed by atoms with Crippen LogP contribution in [0, 0.1) is 0 Å². The first-order valence-corrected chi connectivity index (χ1v) is 7.06. The summed E-state index contributed by atoms with van der Waals surface area (Å²) in [5, 5.41) is 11.8. The number of benzene rings is 1. The molecule has 0 saturated carbocycles. The summed E-state index contributed by atoms with van der Waals surface area (Å²) in [6.07, 6.45) is 1.84. The lowest BCUT2D eigenvalue weighted by Crippen LogP contribution is -2.17. The van der Waals surface area contributed by atoms with Gasteiger partial charge < -0.3 is 14.5 Å². The lowest BCUT2D eigenvalue weighted by molar-refractivity contribution is 0.259. The van der Waals surface area contributed by atoms with Crippen LogP contribution in [0.4, 0.5) is 0 Å². The van der Waals surface area contributed by atoms with E-state index < -0.39 is 0 Å². The van der Waals surface area contributed by atoms with Crippen molar-refractivity contribution in [3.05, 3.63) is 41.1 Å². The zero-order valence-electron chi connectivity index (χ0n) is 11.4. The molecule has 0 aliphatic rings. The zero-order chi connectivity index (χ0) is 14.2. The van der Waals surface area contributed by atoms with E-state index in [4.69, 9.17) is 20.8 Å². The van der Waals surface area contributed by atoms with Gasteiger partial charge in [0.1, 0.15) is 5.75 Å². The van der Waals surface area contributed by atoms with E-state index >= 15 is 0 Å². The summed E-state index contributed by atoms with van der Waals surface area (Å²) in [7, 11) is 0. The van der Waals surface area contributed by atoms with Crippen LogP contribution in [0.15, 0.2) is 28.7 Å². The highest BCUT2D eigenvalue weighted by Crippen LogP contribution is 2.18. The smallest absolute Gasteiger partial charge is 0.253 e. The highest BCUT2D eigenvalue weighted by molar-refractivity contribution is 6.30. The number of halogens is 1. The summed E-state index contributed by atoms with van der Waals surface area (Å²) in [5.41, 5.74) is 0. The molecule has 1 aromatic heterocycles. The Morgan fingerprint density at radius 1 is 1.25 bits per heavy atom. The highest BCUT2D eigenvalue weighted by atomic mass is 35.5. The molecule has 1 N–H and O–H groups in total. The Morgan fingerprint density at radius 3 is 2.90 bits per heavy atom. The predicted molar refractivity (Wildman–Crippen MR) is 76.9 cm³/mol. The van der Waals surface area contributed by atoms with Gasteiger partial charge in [-0.25, -0.2) is 0 Å². The van der Waals surface area contributed by atoms with Crippen LogP contribution in [-0.2, 0) is 13.0 Å². The van der Waals surface area contributed by atoms with E-state index in [0.717, 1.165) is 25.9 Å². The summed E-state index contributed by atoms with van der Waals surface area (Å²) in [4.78, 5) is 0. The minimum atomic E-state index is 0.246. The molecule has 0 bridgehead atoms. The second kappa shape index (κ2) is 7.87. The molecule has 0 atom stereocenters. The Hall–Kier alpha value is -1.59. The van der Waals surface area contributed by atoms with Crippen LogP contribution in [-0.4, -0.2) is 23.3 Å². The highest BCUT2D eigenvalue weighted by Gasteiger charge is 2.06. The van der Waals surface area contributed by atoms with Gasteiger partial charge in [-0.3, -0.25) is 0 Å². The minimum absolute atomic E-state index is 0.246. The van der Waals surface area contributed by atoms with Gasteiger partial charge >= 0.3 is 0 Å². The average molecular weight is 296 g/mol. The fourth-order valence-electron chi connectivity index (χ4n) is 1.65. The predicted octanol–water partition coefficient (Wildman–Crippen LogP) is 2.84. The van der Waals surface area contributed by atoms with E-state index in [9.17, 15) is 0 Å². The summed E-state index contributed by atoms with van der Waals surface area (Å²) in [6, 6.07) is 7.20. The maximum absolute atomic E-state index is 5.88. The molecular weight excluding hydrogens is 278 g/mol. The third-order valence-electron chi connectivity index (χ3n) is 2.61. The number of hydrogen-bond donors (Lipinski definition) is 1. The molecular formula is C14H18ClN3O2. The van der Waals surface area contributed by atoms with E-state index in [1.807, 2.05) is 12.1 Å². The Kier molecular flexibility index (Phi) is 5.83. The fraction of sp³-hybridized carbons (Fsp3) is 0.429. The Morgan fingerprint density at radius 2 is 2.10 bits per heavy atom. The molecule has 20 heavy (non-hydrogen) atoms. The molecule has 0 radical (unpaired) electrons. The largest absolute Gasteiger partial charge is 0.484 e. The van der Waals surface area contributed by atoms with E-state index in [2.05, 4.69) is 22.4 Å². The quantitative estimate of drug-likeness (QED) is 0.759. The summed E-state index contributed by atoms with van der Waals surface area (Å²) >= 11 is 5.88. The third-order valence-corrected chi connectivity index (χ3v) is 2.84. The van der Waals surface area contributed by atoms with E-state index in [-0.39, 0.29) is 6.61 Å². The summed E-state index contributed by atoms with van der Waals surface area (Å²) in [6.45, 7) is 4.21. The molecule has 0 spiro atoms. The number of nitrogens with one attached hydrogen (secondary N) is 1. The second-order valence-electron chi connectivity index (χ2n) is 4.34. The van der Waals surface area contributed by atoms with Gasteiger partial charge in [-0.2, -0.15) is 0 Å². The molecule has 0 amide bonds. The van der Waals surface area contributed by atoms with Crippen LogP contribution in [0.25, 0.3) is 0 Å². The topological polar surface area (TPSA) is 60.2 Å².